The Kier molecular flexibility index (Phi) is 4.30. The van der Waals surface area contributed by atoms with E-state index in [1.807, 2.05) is 0 Å². The van der Waals surface area contributed by atoms with Gasteiger partial charge in [-0.15, -0.1) is 11.7 Å². The number of hydrogen-bond acceptors (Lipinski definition) is 8. The van der Waals surface area contributed by atoms with Crippen molar-refractivity contribution in [3.63, 3.8) is 0 Å². The molecular formula is C9H12N2O5S2. The van der Waals surface area contributed by atoms with Gasteiger partial charge in [-0.25, -0.2) is 4.79 Å². The third kappa shape index (κ3) is 2.42. The lowest BCUT2D eigenvalue weighted by Crippen LogP contribution is -2.35. The predicted octanol–water partition coefficient (Wildman–Crippen LogP) is -1.21. The van der Waals surface area contributed by atoms with E-state index in [4.69, 9.17) is 9.84 Å². The Bertz CT molecular complexity index is 482. The van der Waals surface area contributed by atoms with Crippen molar-refractivity contribution in [3.05, 3.63) is 22.7 Å². The van der Waals surface area contributed by atoms with Crippen LogP contribution in [0.1, 0.15) is 6.23 Å². The number of aromatic nitrogens is 2. The Morgan fingerprint density at radius 1 is 1.50 bits per heavy atom. The fourth-order valence-electron chi connectivity index (χ4n) is 1.75. The summed E-state index contributed by atoms with van der Waals surface area (Å²) in [7, 11) is 1.02. The zero-order valence-corrected chi connectivity index (χ0v) is 10.8. The molecule has 0 radical (unpaired) electrons. The van der Waals surface area contributed by atoms with Gasteiger partial charge in [0.25, 0.3) is 0 Å². The highest BCUT2D eigenvalue weighted by atomic mass is 33.1. The molecule has 1 fully saturated rings. The van der Waals surface area contributed by atoms with E-state index in [2.05, 4.69) is 16.6 Å². The van der Waals surface area contributed by atoms with Crippen LogP contribution in [0.3, 0.4) is 0 Å². The van der Waals surface area contributed by atoms with Crippen molar-refractivity contribution in [3.8, 4) is 0 Å². The van der Waals surface area contributed by atoms with Crippen LogP contribution < -0.4 is 5.69 Å². The van der Waals surface area contributed by atoms with Crippen LogP contribution in [0.5, 0.6) is 0 Å². The maximum atomic E-state index is 11.7. The quantitative estimate of drug-likeness (QED) is 0.315. The first-order valence-electron chi connectivity index (χ1n) is 5.11. The second-order valence-electron chi connectivity index (χ2n) is 3.78. The van der Waals surface area contributed by atoms with E-state index in [0.717, 1.165) is 15.4 Å². The van der Waals surface area contributed by atoms with Crippen LogP contribution in [-0.4, -0.2) is 49.8 Å². The Hall–Kier alpha value is -0.580. The molecule has 0 spiro atoms. The molecule has 0 saturated carbocycles. The van der Waals surface area contributed by atoms with Crippen LogP contribution in [0.25, 0.3) is 0 Å². The van der Waals surface area contributed by atoms with Crippen LogP contribution in [0.4, 0.5) is 0 Å². The van der Waals surface area contributed by atoms with E-state index in [-0.39, 0.29) is 0 Å². The maximum absolute atomic E-state index is 11.7. The monoisotopic (exact) mass is 292 g/mol. The molecule has 1 aromatic heterocycles. The van der Waals surface area contributed by atoms with Gasteiger partial charge in [-0.2, -0.15) is 4.98 Å². The summed E-state index contributed by atoms with van der Waals surface area (Å²) in [4.78, 5) is 15.4. The van der Waals surface area contributed by atoms with Crippen LogP contribution in [0.15, 0.2) is 22.1 Å². The molecule has 2 heterocycles. The van der Waals surface area contributed by atoms with E-state index >= 15 is 0 Å². The molecule has 7 nitrogen and oxygen atoms in total. The number of rotatable bonds is 3. The van der Waals surface area contributed by atoms with Crippen molar-refractivity contribution < 1.29 is 20.1 Å². The first-order chi connectivity index (χ1) is 8.58. The lowest BCUT2D eigenvalue weighted by Gasteiger charge is -2.16. The Labute approximate surface area is 111 Å². The van der Waals surface area contributed by atoms with E-state index in [0.29, 0.717) is 5.03 Å². The summed E-state index contributed by atoms with van der Waals surface area (Å²) in [6.07, 6.45) is -3.12. The van der Waals surface area contributed by atoms with E-state index in [9.17, 15) is 15.0 Å². The van der Waals surface area contributed by atoms with Gasteiger partial charge in [0.15, 0.2) is 6.23 Å². The fraction of sp³-hybridized carbons (Fsp3) is 0.556. The number of nitrogens with zero attached hydrogens (tertiary/aromatic N) is 2. The van der Waals surface area contributed by atoms with Gasteiger partial charge in [0, 0.05) is 6.20 Å². The second kappa shape index (κ2) is 5.59. The largest absolute Gasteiger partial charge is 0.394 e. The van der Waals surface area contributed by atoms with Gasteiger partial charge >= 0.3 is 5.69 Å². The molecule has 0 bridgehead atoms. The Morgan fingerprint density at radius 2 is 2.22 bits per heavy atom. The normalized spacial score (nSPS) is 31.8. The Balaban J connectivity index is 2.30. The van der Waals surface area contributed by atoms with E-state index in [1.54, 1.807) is 0 Å². The summed E-state index contributed by atoms with van der Waals surface area (Å²) in [6, 6.07) is 1.54. The molecule has 0 unspecified atom stereocenters. The summed E-state index contributed by atoms with van der Waals surface area (Å²) >= 11 is 3.92. The van der Waals surface area contributed by atoms with Crippen LogP contribution >= 0.6 is 22.5 Å². The Morgan fingerprint density at radius 3 is 2.72 bits per heavy atom. The highest BCUT2D eigenvalue weighted by molar-refractivity contribution is 8.68. The molecule has 1 aromatic rings. The average Bonchev–Trinajstić information content (AvgIpc) is 2.66. The van der Waals surface area contributed by atoms with E-state index in [1.165, 1.54) is 12.3 Å². The summed E-state index contributed by atoms with van der Waals surface area (Å²) < 4.78 is 6.29. The third-order valence-corrected chi connectivity index (χ3v) is 3.66. The van der Waals surface area contributed by atoms with Crippen molar-refractivity contribution in [2.45, 2.75) is 29.6 Å². The molecule has 2 rings (SSSR count). The minimum atomic E-state index is -1.30. The lowest BCUT2D eigenvalue weighted by atomic mass is 10.1. The first-order valence-corrected chi connectivity index (χ1v) is 6.98. The molecule has 0 aromatic carbocycles. The van der Waals surface area contributed by atoms with Crippen LogP contribution in [0.2, 0.25) is 0 Å². The van der Waals surface area contributed by atoms with Gasteiger partial charge < -0.3 is 20.1 Å². The van der Waals surface area contributed by atoms with Crippen LogP contribution in [-0.2, 0) is 4.74 Å². The fourth-order valence-corrected chi connectivity index (χ4v) is 2.30. The number of ether oxygens (including phenoxy) is 1. The summed E-state index contributed by atoms with van der Waals surface area (Å²) in [6.45, 7) is -0.443. The zero-order valence-electron chi connectivity index (χ0n) is 9.08. The van der Waals surface area contributed by atoms with Crippen molar-refractivity contribution in [2.24, 2.45) is 0 Å². The number of aliphatic hydroxyl groups is 3. The standard InChI is InChI=1S/C9H12N2O5S2/c12-3-4-6(13)7(14)8(16-4)11-2-1-5(18-17)10-9(11)15/h1-2,4,6-8,12-14,17H,3H2/t4-,6-,7-,8-/m1/s1. The predicted molar refractivity (Wildman–Crippen MR) is 66.3 cm³/mol. The van der Waals surface area contributed by atoms with Crippen molar-refractivity contribution in [1.29, 1.82) is 0 Å². The number of hydrogen-bond donors (Lipinski definition) is 4. The highest BCUT2D eigenvalue weighted by Gasteiger charge is 2.43. The van der Waals surface area contributed by atoms with Gasteiger partial charge in [-0.3, -0.25) is 4.57 Å². The SMILES string of the molecule is O=c1nc(SS)ccn1[C@@H]1O[C@H](CO)[C@@H](O)[C@H]1O. The maximum Gasteiger partial charge on any atom is 0.350 e. The molecule has 1 saturated heterocycles. The van der Waals surface area contributed by atoms with Crippen molar-refractivity contribution >= 4 is 22.5 Å². The summed E-state index contributed by atoms with van der Waals surface area (Å²) in [5.41, 5.74) is -0.621. The van der Waals surface area contributed by atoms with Gasteiger partial charge in [-0.05, 0) is 16.9 Å². The molecule has 100 valence electrons. The molecule has 9 heteroatoms. The topological polar surface area (TPSA) is 105 Å². The molecule has 0 aliphatic carbocycles. The third-order valence-electron chi connectivity index (χ3n) is 2.69. The minimum Gasteiger partial charge on any atom is -0.394 e. The summed E-state index contributed by atoms with van der Waals surface area (Å²) in [5, 5.41) is 28.7. The van der Waals surface area contributed by atoms with Gasteiger partial charge in [-0.1, -0.05) is 0 Å². The molecule has 3 N–H and O–H groups in total. The van der Waals surface area contributed by atoms with Crippen molar-refractivity contribution in [1.82, 2.24) is 9.55 Å². The molecule has 4 atom stereocenters. The van der Waals surface area contributed by atoms with E-state index < -0.39 is 36.8 Å². The smallest absolute Gasteiger partial charge is 0.350 e. The zero-order chi connectivity index (χ0) is 13.3. The molecule has 1 aliphatic heterocycles. The van der Waals surface area contributed by atoms with Crippen molar-refractivity contribution in [2.75, 3.05) is 6.61 Å². The van der Waals surface area contributed by atoms with Gasteiger partial charge in [0.1, 0.15) is 23.3 Å². The molecule has 0 amide bonds. The lowest BCUT2D eigenvalue weighted by molar-refractivity contribution is -0.0551. The van der Waals surface area contributed by atoms with Gasteiger partial charge in [0.2, 0.25) is 0 Å². The first kappa shape index (κ1) is 13.8. The minimum absolute atomic E-state index is 0.423. The molecule has 1 aliphatic rings. The van der Waals surface area contributed by atoms with Gasteiger partial charge in [0.05, 0.1) is 6.61 Å². The number of thiol groups is 1. The van der Waals surface area contributed by atoms with Crippen LogP contribution in [0, 0.1) is 0 Å². The highest BCUT2D eigenvalue weighted by Crippen LogP contribution is 2.28. The number of aliphatic hydroxyl groups excluding tert-OH is 3. The molecule has 18 heavy (non-hydrogen) atoms. The average molecular weight is 292 g/mol. The summed E-state index contributed by atoms with van der Waals surface area (Å²) in [5.74, 6) is 0. The molecular weight excluding hydrogens is 280 g/mol. The second-order valence-corrected chi connectivity index (χ2v) is 4.92.